The van der Waals surface area contributed by atoms with Crippen LogP contribution in [0.4, 0.5) is 5.69 Å². The maximum Gasteiger partial charge on any atom is 0.0574 e. The zero-order valence-corrected chi connectivity index (χ0v) is 11.1. The molecular formula is C13H20N2OS. The number of piperidine rings is 1. The molecule has 4 heteroatoms. The van der Waals surface area contributed by atoms with Crippen LogP contribution in [-0.4, -0.2) is 35.0 Å². The molecule has 2 rings (SSSR count). The molecule has 1 aliphatic heterocycles. The van der Waals surface area contributed by atoms with Crippen LogP contribution < -0.4 is 4.90 Å². The topological polar surface area (TPSA) is 36.4 Å². The Morgan fingerprint density at radius 1 is 1.47 bits per heavy atom. The van der Waals surface area contributed by atoms with E-state index in [9.17, 15) is 5.11 Å². The largest absolute Gasteiger partial charge is 0.393 e. The lowest BCUT2D eigenvalue weighted by molar-refractivity contribution is 0.145. The van der Waals surface area contributed by atoms with Crippen molar-refractivity contribution < 1.29 is 5.11 Å². The number of aliphatic hydroxyl groups is 1. The van der Waals surface area contributed by atoms with E-state index in [1.807, 2.05) is 6.20 Å². The number of anilines is 1. The molecule has 3 nitrogen and oxygen atoms in total. The maximum absolute atomic E-state index is 9.47. The molecule has 0 spiro atoms. The third-order valence-electron chi connectivity index (χ3n) is 3.38. The highest BCUT2D eigenvalue weighted by Gasteiger charge is 2.17. The van der Waals surface area contributed by atoms with Crippen molar-refractivity contribution in [2.24, 2.45) is 0 Å². The maximum atomic E-state index is 9.47. The van der Waals surface area contributed by atoms with Gasteiger partial charge in [0.1, 0.15) is 0 Å². The fourth-order valence-corrected chi connectivity index (χ4v) is 2.28. The number of aliphatic hydroxyl groups excluding tert-OH is 1. The summed E-state index contributed by atoms with van der Waals surface area (Å²) >= 11 is 4.29. The van der Waals surface area contributed by atoms with Gasteiger partial charge >= 0.3 is 0 Å². The molecule has 0 amide bonds. The summed E-state index contributed by atoms with van der Waals surface area (Å²) in [7, 11) is 0. The molecule has 1 aliphatic rings. The molecule has 1 aromatic rings. The summed E-state index contributed by atoms with van der Waals surface area (Å²) < 4.78 is 0. The first-order valence-corrected chi connectivity index (χ1v) is 6.83. The first-order valence-electron chi connectivity index (χ1n) is 6.20. The highest BCUT2D eigenvalue weighted by molar-refractivity contribution is 7.80. The van der Waals surface area contributed by atoms with E-state index in [2.05, 4.69) is 41.6 Å². The Balaban J connectivity index is 2.02. The average Bonchev–Trinajstić information content (AvgIpc) is 2.39. The molecule has 0 aromatic carbocycles. The molecule has 94 valence electrons. The third kappa shape index (κ3) is 3.13. The van der Waals surface area contributed by atoms with Crippen LogP contribution in [-0.2, 0) is 0 Å². The molecule has 1 fully saturated rings. The monoisotopic (exact) mass is 252 g/mol. The fourth-order valence-electron chi connectivity index (χ4n) is 2.09. The molecule has 0 radical (unpaired) electrons. The quantitative estimate of drug-likeness (QED) is 0.809. The number of pyridine rings is 1. The summed E-state index contributed by atoms with van der Waals surface area (Å²) in [5, 5.41) is 9.47. The zero-order chi connectivity index (χ0) is 12.3. The van der Waals surface area contributed by atoms with E-state index < -0.39 is 0 Å². The van der Waals surface area contributed by atoms with Gasteiger partial charge in [-0.3, -0.25) is 4.98 Å². The standard InChI is InChI=1S/C13H20N2OS/c1-10(9-17)13-3-2-11(8-14-13)15-6-4-12(16)5-7-15/h2-3,8,10,12,16-17H,4-7,9H2,1H3. The lowest BCUT2D eigenvalue weighted by atomic mass is 10.1. The van der Waals surface area contributed by atoms with E-state index in [-0.39, 0.29) is 6.10 Å². The van der Waals surface area contributed by atoms with Crippen LogP contribution in [0.1, 0.15) is 31.4 Å². The molecule has 0 bridgehead atoms. The van der Waals surface area contributed by atoms with Crippen LogP contribution in [0.25, 0.3) is 0 Å². The Labute approximate surface area is 108 Å². The number of aromatic nitrogens is 1. The SMILES string of the molecule is CC(CS)c1ccc(N2CCC(O)CC2)cn1. The van der Waals surface area contributed by atoms with Crippen molar-refractivity contribution in [3.8, 4) is 0 Å². The number of hydrogen-bond donors (Lipinski definition) is 2. The second-order valence-electron chi connectivity index (χ2n) is 4.74. The minimum absolute atomic E-state index is 0.123. The zero-order valence-electron chi connectivity index (χ0n) is 10.2. The van der Waals surface area contributed by atoms with E-state index in [4.69, 9.17) is 0 Å². The first-order chi connectivity index (χ1) is 8.20. The Morgan fingerprint density at radius 3 is 2.71 bits per heavy atom. The van der Waals surface area contributed by atoms with Gasteiger partial charge in [0.05, 0.1) is 18.0 Å². The minimum atomic E-state index is -0.123. The van der Waals surface area contributed by atoms with Crippen LogP contribution in [0.15, 0.2) is 18.3 Å². The Morgan fingerprint density at radius 2 is 2.18 bits per heavy atom. The highest BCUT2D eigenvalue weighted by atomic mass is 32.1. The van der Waals surface area contributed by atoms with Crippen molar-refractivity contribution in [2.75, 3.05) is 23.7 Å². The number of nitrogens with zero attached hydrogens (tertiary/aromatic N) is 2. The minimum Gasteiger partial charge on any atom is -0.393 e. The normalized spacial score (nSPS) is 19.4. The van der Waals surface area contributed by atoms with Crippen molar-refractivity contribution in [1.82, 2.24) is 4.98 Å². The van der Waals surface area contributed by atoms with Crippen LogP contribution in [0.5, 0.6) is 0 Å². The van der Waals surface area contributed by atoms with Crippen LogP contribution >= 0.6 is 12.6 Å². The van der Waals surface area contributed by atoms with E-state index in [1.165, 1.54) is 0 Å². The molecule has 2 heterocycles. The molecule has 1 saturated heterocycles. The average molecular weight is 252 g/mol. The van der Waals surface area contributed by atoms with Gasteiger partial charge < -0.3 is 10.0 Å². The molecular weight excluding hydrogens is 232 g/mol. The van der Waals surface area contributed by atoms with Gasteiger partial charge in [-0.2, -0.15) is 12.6 Å². The lowest BCUT2D eigenvalue weighted by Gasteiger charge is -2.31. The van der Waals surface area contributed by atoms with Gasteiger partial charge in [0.25, 0.3) is 0 Å². The number of hydrogen-bond acceptors (Lipinski definition) is 4. The van der Waals surface area contributed by atoms with Crippen molar-refractivity contribution >= 4 is 18.3 Å². The van der Waals surface area contributed by atoms with E-state index in [1.54, 1.807) is 0 Å². The van der Waals surface area contributed by atoms with Crippen LogP contribution in [0.3, 0.4) is 0 Å². The van der Waals surface area contributed by atoms with E-state index in [0.29, 0.717) is 5.92 Å². The predicted molar refractivity (Wildman–Crippen MR) is 74.0 cm³/mol. The summed E-state index contributed by atoms with van der Waals surface area (Å²) in [5.41, 5.74) is 2.26. The molecule has 1 unspecified atom stereocenters. The van der Waals surface area contributed by atoms with E-state index >= 15 is 0 Å². The fraction of sp³-hybridized carbons (Fsp3) is 0.615. The van der Waals surface area contributed by atoms with Gasteiger partial charge in [-0.25, -0.2) is 0 Å². The molecule has 1 aromatic heterocycles. The van der Waals surface area contributed by atoms with Crippen molar-refractivity contribution in [1.29, 1.82) is 0 Å². The summed E-state index contributed by atoms with van der Waals surface area (Å²) in [5.74, 6) is 1.22. The van der Waals surface area contributed by atoms with Crippen LogP contribution in [0, 0.1) is 0 Å². The van der Waals surface area contributed by atoms with Crippen molar-refractivity contribution in [3.63, 3.8) is 0 Å². The Hall–Kier alpha value is -0.740. The molecule has 17 heavy (non-hydrogen) atoms. The molecule has 1 atom stereocenters. The second-order valence-corrected chi connectivity index (χ2v) is 5.11. The number of rotatable bonds is 3. The second kappa shape index (κ2) is 5.74. The predicted octanol–water partition coefficient (Wildman–Crippen LogP) is 2.08. The summed E-state index contributed by atoms with van der Waals surface area (Å²) in [6.45, 7) is 3.97. The van der Waals surface area contributed by atoms with Crippen molar-refractivity contribution in [2.45, 2.75) is 31.8 Å². The molecule has 0 saturated carbocycles. The summed E-state index contributed by atoms with van der Waals surface area (Å²) in [6.07, 6.45) is 3.53. The van der Waals surface area contributed by atoms with Gasteiger partial charge in [-0.15, -0.1) is 0 Å². The van der Waals surface area contributed by atoms with Crippen LogP contribution in [0.2, 0.25) is 0 Å². The smallest absolute Gasteiger partial charge is 0.0574 e. The highest BCUT2D eigenvalue weighted by Crippen LogP contribution is 2.21. The van der Waals surface area contributed by atoms with Gasteiger partial charge in [-0.05, 0) is 30.7 Å². The van der Waals surface area contributed by atoms with Gasteiger partial charge in [0.15, 0.2) is 0 Å². The first kappa shape index (κ1) is 12.7. The molecule has 1 N–H and O–H groups in total. The molecule has 0 aliphatic carbocycles. The van der Waals surface area contributed by atoms with Gasteiger partial charge in [0, 0.05) is 24.7 Å². The Bertz CT molecular complexity index is 347. The number of thiol groups is 1. The summed E-state index contributed by atoms with van der Waals surface area (Å²) in [4.78, 5) is 6.78. The van der Waals surface area contributed by atoms with E-state index in [0.717, 1.165) is 43.1 Å². The Kier molecular flexibility index (Phi) is 4.29. The van der Waals surface area contributed by atoms with Gasteiger partial charge in [0.2, 0.25) is 0 Å². The third-order valence-corrected chi connectivity index (χ3v) is 3.93. The lowest BCUT2D eigenvalue weighted by Crippen LogP contribution is -2.35. The van der Waals surface area contributed by atoms with Gasteiger partial charge in [-0.1, -0.05) is 6.92 Å². The van der Waals surface area contributed by atoms with Crippen molar-refractivity contribution in [3.05, 3.63) is 24.0 Å². The summed E-state index contributed by atoms with van der Waals surface area (Å²) in [6, 6.07) is 4.21.